The Bertz CT molecular complexity index is 742. The van der Waals surface area contributed by atoms with E-state index in [-0.39, 0.29) is 11.7 Å². The van der Waals surface area contributed by atoms with Crippen molar-refractivity contribution in [3.63, 3.8) is 0 Å². The van der Waals surface area contributed by atoms with Gasteiger partial charge in [-0.25, -0.2) is 0 Å². The van der Waals surface area contributed by atoms with E-state index in [0.29, 0.717) is 5.11 Å². The smallest absolute Gasteiger partial charge is 0.269 e. The molecule has 1 atom stereocenters. The number of hydrogen-bond donors (Lipinski definition) is 2. The lowest BCUT2D eigenvalue weighted by molar-refractivity contribution is -0.384. The molecular weight excluding hydrogens is 298 g/mol. The molecule has 1 heterocycles. The van der Waals surface area contributed by atoms with Gasteiger partial charge in [-0.3, -0.25) is 10.1 Å². The van der Waals surface area contributed by atoms with Crippen LogP contribution in [0.15, 0.2) is 60.7 Å². The first-order chi connectivity index (χ1) is 10.6. The summed E-state index contributed by atoms with van der Waals surface area (Å²) in [6, 6.07) is 16.2. The van der Waals surface area contributed by atoms with Gasteiger partial charge in [0.15, 0.2) is 5.11 Å². The first-order valence-corrected chi connectivity index (χ1v) is 7.13. The van der Waals surface area contributed by atoms with Crippen LogP contribution in [0.1, 0.15) is 17.2 Å². The van der Waals surface area contributed by atoms with Crippen molar-refractivity contribution in [2.45, 2.75) is 6.04 Å². The summed E-state index contributed by atoms with van der Waals surface area (Å²) < 4.78 is 0. The Morgan fingerprint density at radius 3 is 2.36 bits per heavy atom. The lowest BCUT2D eigenvalue weighted by Gasteiger charge is -2.26. The zero-order valence-corrected chi connectivity index (χ0v) is 12.3. The van der Waals surface area contributed by atoms with Gasteiger partial charge < -0.3 is 10.6 Å². The molecule has 3 rings (SSSR count). The van der Waals surface area contributed by atoms with Gasteiger partial charge in [0.1, 0.15) is 0 Å². The van der Waals surface area contributed by atoms with E-state index in [0.717, 1.165) is 16.8 Å². The van der Waals surface area contributed by atoms with Crippen molar-refractivity contribution in [1.29, 1.82) is 0 Å². The number of nitrogens with zero attached hydrogens (tertiary/aromatic N) is 1. The van der Waals surface area contributed by atoms with E-state index in [1.165, 1.54) is 12.1 Å². The van der Waals surface area contributed by atoms with Crippen molar-refractivity contribution in [3.8, 4) is 0 Å². The Morgan fingerprint density at radius 2 is 1.73 bits per heavy atom. The lowest BCUT2D eigenvalue weighted by atomic mass is 10.0. The van der Waals surface area contributed by atoms with E-state index in [1.54, 1.807) is 12.1 Å². The molecule has 0 spiro atoms. The number of hydrogen-bond acceptors (Lipinski definition) is 3. The largest absolute Gasteiger partial charge is 0.352 e. The molecule has 0 saturated carbocycles. The summed E-state index contributed by atoms with van der Waals surface area (Å²) >= 11 is 5.26. The summed E-state index contributed by atoms with van der Waals surface area (Å²) in [5.74, 6) is 0. The van der Waals surface area contributed by atoms with Crippen LogP contribution in [-0.4, -0.2) is 10.0 Å². The molecule has 2 aromatic carbocycles. The molecule has 0 saturated heterocycles. The van der Waals surface area contributed by atoms with Gasteiger partial charge in [-0.1, -0.05) is 30.3 Å². The summed E-state index contributed by atoms with van der Waals surface area (Å²) in [6.07, 6.45) is 2.02. The third kappa shape index (κ3) is 2.96. The molecule has 110 valence electrons. The number of rotatable bonds is 3. The molecule has 0 aromatic heterocycles. The molecule has 2 N–H and O–H groups in total. The minimum atomic E-state index is -0.407. The van der Waals surface area contributed by atoms with Crippen LogP contribution in [0, 0.1) is 10.1 Å². The predicted molar refractivity (Wildman–Crippen MR) is 89.1 cm³/mol. The Hall–Kier alpha value is -2.73. The first-order valence-electron chi connectivity index (χ1n) is 6.72. The highest BCUT2D eigenvalue weighted by Gasteiger charge is 2.19. The summed E-state index contributed by atoms with van der Waals surface area (Å²) in [5.41, 5.74) is 2.96. The molecule has 22 heavy (non-hydrogen) atoms. The van der Waals surface area contributed by atoms with Crippen molar-refractivity contribution in [3.05, 3.63) is 81.9 Å². The maximum Gasteiger partial charge on any atom is 0.269 e. The van der Waals surface area contributed by atoms with Gasteiger partial charge in [0.05, 0.1) is 11.0 Å². The molecular formula is C16H13N3O2S. The Balaban J connectivity index is 1.92. The lowest BCUT2D eigenvalue weighted by Crippen LogP contribution is -2.40. The maximum atomic E-state index is 10.7. The van der Waals surface area contributed by atoms with Crippen molar-refractivity contribution in [2.24, 2.45) is 0 Å². The normalized spacial score (nSPS) is 17.2. The van der Waals surface area contributed by atoms with Crippen LogP contribution in [0.25, 0.3) is 5.70 Å². The highest BCUT2D eigenvalue weighted by atomic mass is 32.1. The fraction of sp³-hybridized carbons (Fsp3) is 0.0625. The van der Waals surface area contributed by atoms with E-state index in [2.05, 4.69) is 10.6 Å². The van der Waals surface area contributed by atoms with Gasteiger partial charge in [-0.2, -0.15) is 0 Å². The fourth-order valence-corrected chi connectivity index (χ4v) is 2.56. The van der Waals surface area contributed by atoms with Gasteiger partial charge in [-0.15, -0.1) is 0 Å². The van der Waals surface area contributed by atoms with Crippen LogP contribution >= 0.6 is 12.2 Å². The minimum absolute atomic E-state index is 0.0764. The van der Waals surface area contributed by atoms with Gasteiger partial charge in [-0.05, 0) is 41.6 Å². The van der Waals surface area contributed by atoms with E-state index >= 15 is 0 Å². The molecule has 0 radical (unpaired) electrons. The van der Waals surface area contributed by atoms with E-state index in [1.807, 2.05) is 36.4 Å². The Labute approximate surface area is 132 Å². The van der Waals surface area contributed by atoms with Gasteiger partial charge in [0, 0.05) is 17.8 Å². The number of thiocarbonyl (C=S) groups is 1. The number of non-ortho nitro benzene ring substituents is 1. The molecule has 6 heteroatoms. The van der Waals surface area contributed by atoms with E-state index in [9.17, 15) is 10.1 Å². The molecule has 1 unspecified atom stereocenters. The molecule has 2 aromatic rings. The summed E-state index contributed by atoms with van der Waals surface area (Å²) in [4.78, 5) is 10.3. The van der Waals surface area contributed by atoms with Crippen molar-refractivity contribution >= 4 is 28.7 Å². The molecule has 0 aliphatic carbocycles. The summed E-state index contributed by atoms with van der Waals surface area (Å²) in [6.45, 7) is 0. The third-order valence-corrected chi connectivity index (χ3v) is 3.64. The average Bonchev–Trinajstić information content (AvgIpc) is 2.55. The van der Waals surface area contributed by atoms with Crippen LogP contribution < -0.4 is 10.6 Å². The number of nitro benzene ring substituents is 1. The van der Waals surface area contributed by atoms with E-state index < -0.39 is 4.92 Å². The van der Waals surface area contributed by atoms with Crippen LogP contribution in [0.2, 0.25) is 0 Å². The first kappa shape index (κ1) is 14.2. The zero-order chi connectivity index (χ0) is 15.5. The van der Waals surface area contributed by atoms with Crippen molar-refractivity contribution in [1.82, 2.24) is 10.6 Å². The predicted octanol–water partition coefficient (Wildman–Crippen LogP) is 3.15. The van der Waals surface area contributed by atoms with Crippen LogP contribution in [0.4, 0.5) is 5.69 Å². The maximum absolute atomic E-state index is 10.7. The highest BCUT2D eigenvalue weighted by molar-refractivity contribution is 7.80. The number of nitrogens with one attached hydrogen (secondary N) is 2. The Morgan fingerprint density at radius 1 is 1.05 bits per heavy atom. The molecule has 1 aliphatic rings. The minimum Gasteiger partial charge on any atom is -0.352 e. The topological polar surface area (TPSA) is 67.2 Å². The Kier molecular flexibility index (Phi) is 3.84. The summed E-state index contributed by atoms with van der Waals surface area (Å²) in [7, 11) is 0. The molecule has 0 amide bonds. The van der Waals surface area contributed by atoms with Gasteiger partial charge >= 0.3 is 0 Å². The molecule has 0 fully saturated rings. The third-order valence-electron chi connectivity index (χ3n) is 3.42. The number of benzene rings is 2. The summed E-state index contributed by atoms with van der Waals surface area (Å²) in [5, 5.41) is 17.5. The molecule has 0 bridgehead atoms. The monoisotopic (exact) mass is 311 g/mol. The van der Waals surface area contributed by atoms with Crippen molar-refractivity contribution in [2.75, 3.05) is 0 Å². The van der Waals surface area contributed by atoms with Gasteiger partial charge in [0.2, 0.25) is 0 Å². The van der Waals surface area contributed by atoms with Crippen molar-refractivity contribution < 1.29 is 4.92 Å². The van der Waals surface area contributed by atoms with Crippen LogP contribution in [0.3, 0.4) is 0 Å². The average molecular weight is 311 g/mol. The molecule has 1 aliphatic heterocycles. The zero-order valence-electron chi connectivity index (χ0n) is 11.5. The second kappa shape index (κ2) is 5.95. The van der Waals surface area contributed by atoms with Crippen LogP contribution in [0.5, 0.6) is 0 Å². The SMILES string of the molecule is O=[N+]([O-])c1ccc(C2C=C(c3ccccc3)NC(=S)N2)cc1. The highest BCUT2D eigenvalue weighted by Crippen LogP contribution is 2.24. The van der Waals surface area contributed by atoms with Gasteiger partial charge in [0.25, 0.3) is 5.69 Å². The second-order valence-corrected chi connectivity index (χ2v) is 5.28. The fourth-order valence-electron chi connectivity index (χ4n) is 2.32. The van der Waals surface area contributed by atoms with Crippen LogP contribution in [-0.2, 0) is 0 Å². The second-order valence-electron chi connectivity index (χ2n) is 4.87. The van der Waals surface area contributed by atoms with E-state index in [4.69, 9.17) is 12.2 Å². The standard InChI is InChI=1S/C16H13N3O2S/c20-19(21)13-8-6-12(7-9-13)15-10-14(17-16(22)18-15)11-4-2-1-3-5-11/h1-10,15H,(H2,17,18,22). The number of nitro groups is 1. The quantitative estimate of drug-likeness (QED) is 0.518. The molecule has 5 nitrogen and oxygen atoms in total.